The molecule has 1 N–H and O–H groups in total. The second-order valence-electron chi connectivity index (χ2n) is 6.37. The van der Waals surface area contributed by atoms with Gasteiger partial charge in [-0.05, 0) is 31.2 Å². The van der Waals surface area contributed by atoms with Crippen LogP contribution in [-0.2, 0) is 13.1 Å². The number of carbonyl (C=O) groups is 1. The number of benzene rings is 1. The maximum absolute atomic E-state index is 12.6. The Bertz CT molecular complexity index is 1080. The van der Waals surface area contributed by atoms with E-state index in [1.807, 2.05) is 31.2 Å². The van der Waals surface area contributed by atoms with E-state index in [2.05, 4.69) is 29.7 Å². The Morgan fingerprint density at radius 2 is 2.11 bits per heavy atom. The first-order chi connectivity index (χ1) is 13.1. The van der Waals surface area contributed by atoms with Crippen molar-refractivity contribution in [3.05, 3.63) is 71.8 Å². The van der Waals surface area contributed by atoms with Gasteiger partial charge in [-0.1, -0.05) is 12.1 Å². The van der Waals surface area contributed by atoms with E-state index in [9.17, 15) is 4.79 Å². The highest BCUT2D eigenvalue weighted by atomic mass is 16.2. The third-order valence-electron chi connectivity index (χ3n) is 4.41. The average molecular weight is 361 g/mol. The van der Waals surface area contributed by atoms with E-state index in [1.54, 1.807) is 30.3 Å². The van der Waals surface area contributed by atoms with Crippen molar-refractivity contribution < 1.29 is 4.79 Å². The van der Waals surface area contributed by atoms with Gasteiger partial charge in [0.25, 0.3) is 5.91 Å². The molecule has 0 unspecified atom stereocenters. The second-order valence-corrected chi connectivity index (χ2v) is 6.37. The zero-order chi connectivity index (χ0) is 18.8. The SMILES string of the molecule is Cc1nc2ccccc2n1Cc1cc(C(=O)N(C)Cc2ccncn2)n[nH]1. The van der Waals surface area contributed by atoms with Crippen LogP contribution >= 0.6 is 0 Å². The van der Waals surface area contributed by atoms with Gasteiger partial charge in [-0.3, -0.25) is 9.89 Å². The van der Waals surface area contributed by atoms with E-state index in [0.717, 1.165) is 28.2 Å². The van der Waals surface area contributed by atoms with Crippen LogP contribution in [0.3, 0.4) is 0 Å². The molecule has 0 atom stereocenters. The number of amides is 1. The third kappa shape index (κ3) is 3.41. The summed E-state index contributed by atoms with van der Waals surface area (Å²) in [5, 5.41) is 7.15. The number of hydrogen-bond acceptors (Lipinski definition) is 5. The molecule has 0 bridgehead atoms. The number of aryl methyl sites for hydroxylation is 1. The molecule has 0 aliphatic heterocycles. The fraction of sp³-hybridized carbons (Fsp3) is 0.211. The van der Waals surface area contributed by atoms with Crippen LogP contribution in [0, 0.1) is 6.92 Å². The number of imidazole rings is 1. The van der Waals surface area contributed by atoms with Gasteiger partial charge in [-0.15, -0.1) is 0 Å². The Kier molecular flexibility index (Phi) is 4.37. The number of carbonyl (C=O) groups excluding carboxylic acids is 1. The molecule has 0 aliphatic carbocycles. The number of nitrogens with one attached hydrogen (secondary N) is 1. The van der Waals surface area contributed by atoms with Crippen molar-refractivity contribution in [2.75, 3.05) is 7.05 Å². The highest BCUT2D eigenvalue weighted by Crippen LogP contribution is 2.17. The Morgan fingerprint density at radius 3 is 2.93 bits per heavy atom. The molecule has 0 aliphatic rings. The first-order valence-corrected chi connectivity index (χ1v) is 8.58. The molecule has 0 saturated carbocycles. The summed E-state index contributed by atoms with van der Waals surface area (Å²) in [5.74, 6) is 0.753. The number of aromatic amines is 1. The minimum Gasteiger partial charge on any atom is -0.334 e. The molecular formula is C19H19N7O. The largest absolute Gasteiger partial charge is 0.334 e. The molecule has 0 fully saturated rings. The molecule has 27 heavy (non-hydrogen) atoms. The first-order valence-electron chi connectivity index (χ1n) is 8.58. The number of aromatic nitrogens is 6. The van der Waals surface area contributed by atoms with Crippen molar-refractivity contribution in [3.8, 4) is 0 Å². The molecule has 0 radical (unpaired) electrons. The maximum Gasteiger partial charge on any atom is 0.274 e. The van der Waals surface area contributed by atoms with E-state index in [4.69, 9.17) is 0 Å². The predicted molar refractivity (Wildman–Crippen MR) is 100.0 cm³/mol. The van der Waals surface area contributed by atoms with Crippen molar-refractivity contribution in [2.45, 2.75) is 20.0 Å². The molecule has 3 aromatic heterocycles. The Morgan fingerprint density at radius 1 is 1.26 bits per heavy atom. The lowest BCUT2D eigenvalue weighted by Crippen LogP contribution is -2.26. The number of para-hydroxylation sites is 2. The fourth-order valence-corrected chi connectivity index (χ4v) is 3.04. The summed E-state index contributed by atoms with van der Waals surface area (Å²) in [6.45, 7) is 2.94. The van der Waals surface area contributed by atoms with Gasteiger partial charge in [0.1, 0.15) is 17.8 Å². The average Bonchev–Trinajstić information content (AvgIpc) is 3.27. The van der Waals surface area contributed by atoms with E-state index < -0.39 is 0 Å². The Hall–Kier alpha value is -3.55. The van der Waals surface area contributed by atoms with Crippen molar-refractivity contribution in [1.82, 2.24) is 34.6 Å². The highest BCUT2D eigenvalue weighted by Gasteiger charge is 2.17. The van der Waals surface area contributed by atoms with Crippen LogP contribution in [0.5, 0.6) is 0 Å². The fourth-order valence-electron chi connectivity index (χ4n) is 3.04. The minimum absolute atomic E-state index is 0.164. The number of nitrogens with zero attached hydrogens (tertiary/aromatic N) is 6. The summed E-state index contributed by atoms with van der Waals surface area (Å²) in [5.41, 5.74) is 4.01. The Balaban J connectivity index is 1.51. The van der Waals surface area contributed by atoms with Crippen molar-refractivity contribution in [2.24, 2.45) is 0 Å². The minimum atomic E-state index is -0.164. The molecule has 0 saturated heterocycles. The summed E-state index contributed by atoms with van der Waals surface area (Å²) in [4.78, 5) is 26.8. The normalized spacial score (nSPS) is 11.0. The predicted octanol–water partition coefficient (Wildman–Crippen LogP) is 2.18. The van der Waals surface area contributed by atoms with Crippen molar-refractivity contribution in [3.63, 3.8) is 0 Å². The van der Waals surface area contributed by atoms with E-state index in [1.165, 1.54) is 6.33 Å². The number of hydrogen-bond donors (Lipinski definition) is 1. The van der Waals surface area contributed by atoms with Crippen LogP contribution in [0.4, 0.5) is 0 Å². The van der Waals surface area contributed by atoms with Gasteiger partial charge < -0.3 is 9.47 Å². The first kappa shape index (κ1) is 16.9. The number of fused-ring (bicyclic) bond motifs is 1. The third-order valence-corrected chi connectivity index (χ3v) is 4.41. The van der Waals surface area contributed by atoms with Crippen LogP contribution < -0.4 is 0 Å². The van der Waals surface area contributed by atoms with E-state index in [0.29, 0.717) is 18.8 Å². The lowest BCUT2D eigenvalue weighted by molar-refractivity contribution is 0.0777. The zero-order valence-electron chi connectivity index (χ0n) is 15.1. The van der Waals surface area contributed by atoms with Crippen LogP contribution in [-0.4, -0.2) is 47.6 Å². The quantitative estimate of drug-likeness (QED) is 0.588. The number of H-pyrrole nitrogens is 1. The van der Waals surface area contributed by atoms with Crippen LogP contribution in [0.15, 0.2) is 48.9 Å². The van der Waals surface area contributed by atoms with E-state index >= 15 is 0 Å². The van der Waals surface area contributed by atoms with E-state index in [-0.39, 0.29) is 5.91 Å². The lowest BCUT2D eigenvalue weighted by Gasteiger charge is -2.14. The molecule has 8 heteroatoms. The summed E-state index contributed by atoms with van der Waals surface area (Å²) in [7, 11) is 1.73. The van der Waals surface area contributed by atoms with Crippen molar-refractivity contribution >= 4 is 16.9 Å². The zero-order valence-corrected chi connectivity index (χ0v) is 15.1. The van der Waals surface area contributed by atoms with Gasteiger partial charge in [0.2, 0.25) is 0 Å². The maximum atomic E-state index is 12.6. The molecular weight excluding hydrogens is 342 g/mol. The van der Waals surface area contributed by atoms with Gasteiger partial charge in [0.05, 0.1) is 35.5 Å². The molecule has 3 heterocycles. The van der Waals surface area contributed by atoms with Crippen molar-refractivity contribution in [1.29, 1.82) is 0 Å². The smallest absolute Gasteiger partial charge is 0.274 e. The summed E-state index contributed by atoms with van der Waals surface area (Å²) >= 11 is 0. The molecule has 8 nitrogen and oxygen atoms in total. The Labute approximate surface area is 155 Å². The summed E-state index contributed by atoms with van der Waals surface area (Å²) in [6, 6.07) is 11.6. The molecule has 4 aromatic rings. The van der Waals surface area contributed by atoms with Crippen LogP contribution in [0.1, 0.15) is 27.7 Å². The van der Waals surface area contributed by atoms with Gasteiger partial charge in [-0.25, -0.2) is 15.0 Å². The summed E-state index contributed by atoms with van der Waals surface area (Å²) < 4.78 is 2.10. The van der Waals surface area contributed by atoms with Crippen LogP contribution in [0.25, 0.3) is 11.0 Å². The molecule has 1 amide bonds. The summed E-state index contributed by atoms with van der Waals surface area (Å²) in [6.07, 6.45) is 3.13. The van der Waals surface area contributed by atoms with Gasteiger partial charge in [-0.2, -0.15) is 5.10 Å². The van der Waals surface area contributed by atoms with Gasteiger partial charge in [0.15, 0.2) is 0 Å². The molecule has 4 rings (SSSR count). The highest BCUT2D eigenvalue weighted by molar-refractivity contribution is 5.92. The van der Waals surface area contributed by atoms with Gasteiger partial charge >= 0.3 is 0 Å². The second kappa shape index (κ2) is 6.99. The topological polar surface area (TPSA) is 92.6 Å². The lowest BCUT2D eigenvalue weighted by atomic mass is 10.3. The molecule has 1 aromatic carbocycles. The standard InChI is InChI=1S/C19H19N7O/c1-13-22-16-5-3-4-6-18(16)26(13)11-15-9-17(24-23-15)19(27)25(2)10-14-7-8-20-12-21-14/h3-9,12H,10-11H2,1-2H3,(H,23,24). The van der Waals surface area contributed by atoms with Gasteiger partial charge in [0, 0.05) is 13.2 Å². The molecule has 136 valence electrons. The monoisotopic (exact) mass is 361 g/mol. The number of rotatable bonds is 5. The molecule has 0 spiro atoms. The van der Waals surface area contributed by atoms with Crippen LogP contribution in [0.2, 0.25) is 0 Å².